The molecule has 2 aromatic heterocycles. The van der Waals surface area contributed by atoms with Gasteiger partial charge in [-0.05, 0) is 36.4 Å². The molecule has 29 heavy (non-hydrogen) atoms. The highest BCUT2D eigenvalue weighted by atomic mass is 79.9. The van der Waals surface area contributed by atoms with Crippen molar-refractivity contribution in [1.82, 2.24) is 4.98 Å². The number of para-hydroxylation sites is 1. The fraction of sp³-hybridized carbons (Fsp3) is 0.318. The van der Waals surface area contributed by atoms with Crippen LogP contribution in [-0.2, 0) is 4.74 Å². The van der Waals surface area contributed by atoms with Gasteiger partial charge in [0.15, 0.2) is 18.5 Å². The third-order valence-corrected chi connectivity index (χ3v) is 6.06. The lowest BCUT2D eigenvalue weighted by Crippen LogP contribution is -3.00. The van der Waals surface area contributed by atoms with Gasteiger partial charge in [-0.15, -0.1) is 0 Å². The van der Waals surface area contributed by atoms with Gasteiger partial charge in [0.05, 0.1) is 12.1 Å². The van der Waals surface area contributed by atoms with Crippen LogP contribution in [0.3, 0.4) is 0 Å². The molecule has 5 rings (SSSR count). The molecule has 1 fully saturated rings. The van der Waals surface area contributed by atoms with Crippen LogP contribution in [0.1, 0.15) is 17.4 Å². The molecular formula is C22H23BrN2O4. The number of fused-ring (bicyclic) bond motifs is 4. The number of rotatable bonds is 2. The van der Waals surface area contributed by atoms with Crippen LogP contribution in [0.4, 0.5) is 0 Å². The topological polar surface area (TPSA) is 89.6 Å². The van der Waals surface area contributed by atoms with Crippen molar-refractivity contribution >= 4 is 32.6 Å². The lowest BCUT2D eigenvalue weighted by atomic mass is 9.97. The summed E-state index contributed by atoms with van der Waals surface area (Å²) in [4.78, 5) is 3.54. The number of pyridine rings is 1. The average molecular weight is 459 g/mol. The number of aromatic nitrogens is 2. The molecule has 0 saturated carbocycles. The van der Waals surface area contributed by atoms with Gasteiger partial charge in [-0.1, -0.05) is 18.2 Å². The Kier molecular flexibility index (Phi) is 5.13. The molecule has 4 unspecified atom stereocenters. The first-order chi connectivity index (χ1) is 13.5. The van der Waals surface area contributed by atoms with Crippen molar-refractivity contribution < 1.29 is 41.6 Å². The zero-order valence-electron chi connectivity index (χ0n) is 16.1. The number of ether oxygens (including phenoxy) is 1. The van der Waals surface area contributed by atoms with Crippen molar-refractivity contribution in [2.24, 2.45) is 0 Å². The number of hydrogen-bond donors (Lipinski definition) is 4. The third-order valence-electron chi connectivity index (χ3n) is 6.06. The number of aromatic amines is 1. The molecule has 2 aromatic carbocycles. The standard InChI is InChI=1S/C22H22N2O4.BrH/c1-11-15-9-24(22-21(27)20(26)17(10-25)28-22)8-7-13(15)12(2)19-18(11)14-5-3-4-6-16(14)23-19;/h3-9,17,20-22,25-27H,10H2,1-2H3;1H. The van der Waals surface area contributed by atoms with E-state index in [1.807, 2.05) is 30.6 Å². The summed E-state index contributed by atoms with van der Waals surface area (Å²) < 4.78 is 7.47. The van der Waals surface area contributed by atoms with Crippen molar-refractivity contribution in [3.8, 4) is 0 Å². The van der Waals surface area contributed by atoms with Crippen molar-refractivity contribution in [1.29, 1.82) is 0 Å². The minimum atomic E-state index is -1.11. The molecule has 0 aliphatic carbocycles. The highest BCUT2D eigenvalue weighted by Crippen LogP contribution is 2.36. The summed E-state index contributed by atoms with van der Waals surface area (Å²) >= 11 is 0. The molecule has 0 bridgehead atoms. The van der Waals surface area contributed by atoms with Crippen LogP contribution in [-0.4, -0.2) is 45.2 Å². The Labute approximate surface area is 178 Å². The Balaban J connectivity index is 0.00000205. The van der Waals surface area contributed by atoms with E-state index in [0.717, 1.165) is 27.4 Å². The van der Waals surface area contributed by atoms with Gasteiger partial charge in [0.25, 0.3) is 6.23 Å². The van der Waals surface area contributed by atoms with E-state index < -0.39 is 24.5 Å². The van der Waals surface area contributed by atoms with Crippen LogP contribution < -0.4 is 21.5 Å². The van der Waals surface area contributed by atoms with Gasteiger partial charge in [-0.2, -0.15) is 4.57 Å². The molecule has 0 spiro atoms. The Bertz CT molecular complexity index is 1220. The van der Waals surface area contributed by atoms with Crippen LogP contribution in [0.15, 0.2) is 42.7 Å². The number of nitrogens with one attached hydrogen (secondary N) is 1. The van der Waals surface area contributed by atoms with Crippen molar-refractivity contribution in [2.75, 3.05) is 6.61 Å². The van der Waals surface area contributed by atoms with Gasteiger partial charge in [0, 0.05) is 27.7 Å². The van der Waals surface area contributed by atoms with E-state index in [-0.39, 0.29) is 23.6 Å². The first-order valence-electron chi connectivity index (χ1n) is 9.47. The first kappa shape index (κ1) is 20.3. The molecule has 4 atom stereocenters. The SMILES string of the molecule is Cc1c2cc[n+](C3OC(CO)C(O)C3O)cc2c(C)c2c1[nH]c1ccccc12.[Br-]. The number of halogens is 1. The molecule has 6 nitrogen and oxygen atoms in total. The Morgan fingerprint density at radius 2 is 1.76 bits per heavy atom. The summed E-state index contributed by atoms with van der Waals surface area (Å²) in [5.74, 6) is 0. The number of nitrogens with zero attached hydrogens (tertiary/aromatic N) is 1. The van der Waals surface area contributed by atoms with Crippen molar-refractivity contribution in [2.45, 2.75) is 38.4 Å². The van der Waals surface area contributed by atoms with Crippen molar-refractivity contribution in [3.05, 3.63) is 53.9 Å². The predicted molar refractivity (Wildman–Crippen MR) is 106 cm³/mol. The summed E-state index contributed by atoms with van der Waals surface area (Å²) in [6.45, 7) is 3.87. The van der Waals surface area contributed by atoms with E-state index in [9.17, 15) is 15.3 Å². The van der Waals surface area contributed by atoms with Crippen LogP contribution in [0.5, 0.6) is 0 Å². The maximum atomic E-state index is 10.4. The zero-order valence-corrected chi connectivity index (χ0v) is 17.7. The van der Waals surface area contributed by atoms with Gasteiger partial charge >= 0.3 is 0 Å². The van der Waals surface area contributed by atoms with Gasteiger partial charge in [-0.3, -0.25) is 0 Å². The molecule has 1 saturated heterocycles. The molecule has 0 amide bonds. The zero-order chi connectivity index (χ0) is 19.6. The summed E-state index contributed by atoms with van der Waals surface area (Å²) in [6, 6.07) is 10.3. The second-order valence-electron chi connectivity index (χ2n) is 7.62. The molecule has 7 heteroatoms. The fourth-order valence-corrected chi connectivity index (χ4v) is 4.50. The highest BCUT2D eigenvalue weighted by Gasteiger charge is 2.48. The van der Waals surface area contributed by atoms with Crippen LogP contribution >= 0.6 is 0 Å². The normalized spacial score (nSPS) is 24.4. The number of aliphatic hydroxyl groups is 3. The minimum Gasteiger partial charge on any atom is -1.00 e. The Hall–Kier alpha value is -2.03. The van der Waals surface area contributed by atoms with Crippen LogP contribution in [0, 0.1) is 13.8 Å². The van der Waals surface area contributed by atoms with E-state index in [1.54, 1.807) is 4.57 Å². The number of aliphatic hydroxyl groups excluding tert-OH is 3. The van der Waals surface area contributed by atoms with Crippen LogP contribution in [0.25, 0.3) is 32.6 Å². The second-order valence-corrected chi connectivity index (χ2v) is 7.62. The molecule has 1 aliphatic heterocycles. The van der Waals surface area contributed by atoms with E-state index in [2.05, 4.69) is 31.0 Å². The van der Waals surface area contributed by atoms with Gasteiger partial charge in [-0.25, -0.2) is 0 Å². The number of H-pyrrole nitrogens is 1. The fourth-order valence-electron chi connectivity index (χ4n) is 4.50. The lowest BCUT2D eigenvalue weighted by molar-refractivity contribution is -0.764. The summed E-state index contributed by atoms with van der Waals surface area (Å²) in [6.07, 6.45) is 0.0649. The maximum absolute atomic E-state index is 10.4. The van der Waals surface area contributed by atoms with Crippen LogP contribution in [0.2, 0.25) is 0 Å². The predicted octanol–water partition coefficient (Wildman–Crippen LogP) is -1.01. The number of aryl methyl sites for hydroxylation is 2. The maximum Gasteiger partial charge on any atom is 0.292 e. The molecule has 4 N–H and O–H groups in total. The smallest absolute Gasteiger partial charge is 0.292 e. The molecule has 3 heterocycles. The molecular weight excluding hydrogens is 436 g/mol. The molecule has 152 valence electrons. The van der Waals surface area contributed by atoms with E-state index in [0.29, 0.717) is 0 Å². The Morgan fingerprint density at radius 3 is 2.48 bits per heavy atom. The van der Waals surface area contributed by atoms with Gasteiger partial charge in [0.2, 0.25) is 0 Å². The Morgan fingerprint density at radius 1 is 1.00 bits per heavy atom. The number of benzene rings is 2. The largest absolute Gasteiger partial charge is 1.00 e. The van der Waals surface area contributed by atoms with Gasteiger partial charge in [0.1, 0.15) is 12.2 Å². The third kappa shape index (κ3) is 2.88. The molecule has 0 radical (unpaired) electrons. The van der Waals surface area contributed by atoms with E-state index in [1.165, 1.54) is 16.3 Å². The molecule has 4 aromatic rings. The summed E-state index contributed by atoms with van der Waals surface area (Å²) in [5, 5.41) is 34.4. The lowest BCUT2D eigenvalue weighted by Gasteiger charge is -2.12. The van der Waals surface area contributed by atoms with E-state index in [4.69, 9.17) is 4.74 Å². The highest BCUT2D eigenvalue weighted by molar-refractivity contribution is 6.16. The monoisotopic (exact) mass is 458 g/mol. The quantitative estimate of drug-likeness (QED) is 0.290. The molecule has 1 aliphatic rings. The van der Waals surface area contributed by atoms with Gasteiger partial charge < -0.3 is 42.0 Å². The van der Waals surface area contributed by atoms with Crippen molar-refractivity contribution in [3.63, 3.8) is 0 Å². The second kappa shape index (κ2) is 7.34. The summed E-state index contributed by atoms with van der Waals surface area (Å²) in [7, 11) is 0. The number of hydrogen-bond acceptors (Lipinski definition) is 4. The van der Waals surface area contributed by atoms with E-state index >= 15 is 0 Å². The average Bonchev–Trinajstić information content (AvgIpc) is 3.24. The minimum absolute atomic E-state index is 0. The first-order valence-corrected chi connectivity index (χ1v) is 9.47. The summed E-state index contributed by atoms with van der Waals surface area (Å²) in [5.41, 5.74) is 4.56.